The van der Waals surface area contributed by atoms with Gasteiger partial charge in [0.2, 0.25) is 0 Å². The summed E-state index contributed by atoms with van der Waals surface area (Å²) in [6.07, 6.45) is 2.59. The Kier molecular flexibility index (Phi) is 3.23. The fraction of sp³-hybridized carbons (Fsp3) is 0.733. The van der Waals surface area contributed by atoms with E-state index in [-0.39, 0.29) is 17.9 Å². The zero-order chi connectivity index (χ0) is 17.2. The minimum atomic E-state index is -1.49. The fourth-order valence-corrected chi connectivity index (χ4v) is 4.29. The van der Waals surface area contributed by atoms with Gasteiger partial charge in [-0.05, 0) is 32.1 Å². The molecule has 5 rings (SSSR count). The van der Waals surface area contributed by atoms with Crippen molar-refractivity contribution in [2.24, 2.45) is 11.8 Å². The maximum absolute atomic E-state index is 11.6. The summed E-state index contributed by atoms with van der Waals surface area (Å²) in [6.45, 7) is 3.33. The van der Waals surface area contributed by atoms with Crippen LogP contribution in [0, 0.1) is 11.8 Å². The van der Waals surface area contributed by atoms with E-state index in [4.69, 9.17) is 18.9 Å². The van der Waals surface area contributed by atoms with Crippen molar-refractivity contribution in [2.75, 3.05) is 13.1 Å². The third kappa shape index (κ3) is 2.30. The van der Waals surface area contributed by atoms with E-state index < -0.39 is 24.0 Å². The molecule has 4 atom stereocenters. The third-order valence-electron chi connectivity index (χ3n) is 5.35. The molecule has 4 unspecified atom stereocenters. The predicted molar refractivity (Wildman–Crippen MR) is 81.7 cm³/mol. The highest BCUT2D eigenvalue weighted by Gasteiger charge is 2.69. The number of rotatable bonds is 5. The number of nitrogens with zero attached hydrogens (tertiary/aromatic N) is 3. The molecule has 25 heavy (non-hydrogen) atoms. The largest absolute Gasteiger partial charge is 0.470 e. The van der Waals surface area contributed by atoms with Crippen molar-refractivity contribution in [1.82, 2.24) is 13.6 Å². The Morgan fingerprint density at radius 2 is 1.92 bits per heavy atom. The lowest BCUT2D eigenvalue weighted by Gasteiger charge is -2.36. The van der Waals surface area contributed by atoms with Crippen LogP contribution in [0.5, 0.6) is 11.8 Å². The number of fused-ring (bicyclic) bond motifs is 3. The van der Waals surface area contributed by atoms with Gasteiger partial charge in [0.25, 0.3) is 11.8 Å². The zero-order valence-electron chi connectivity index (χ0n) is 13.5. The molecule has 2 bridgehead atoms. The molecule has 9 nitrogen and oxygen atoms in total. The molecule has 3 saturated heterocycles. The van der Waals surface area contributed by atoms with Crippen LogP contribution in [0.25, 0.3) is 0 Å². The van der Waals surface area contributed by atoms with Crippen LogP contribution in [-0.4, -0.2) is 56.8 Å². The van der Waals surface area contributed by atoms with Crippen LogP contribution in [0.3, 0.4) is 0 Å². The van der Waals surface area contributed by atoms with Gasteiger partial charge in [0.15, 0.2) is 6.10 Å². The summed E-state index contributed by atoms with van der Waals surface area (Å²) < 4.78 is 30.8. The molecule has 0 radical (unpaired) electrons. The number of piperidine rings is 1. The van der Waals surface area contributed by atoms with Crippen LogP contribution in [0.15, 0.2) is 0 Å². The van der Waals surface area contributed by atoms with E-state index in [0.29, 0.717) is 24.9 Å². The van der Waals surface area contributed by atoms with Gasteiger partial charge < -0.3 is 18.9 Å². The highest BCUT2D eigenvalue weighted by molar-refractivity contribution is 6.99. The molecular formula is C15H17N3O6S. The summed E-state index contributed by atoms with van der Waals surface area (Å²) >= 11 is 0.997. The molecule has 1 aliphatic carbocycles. The lowest BCUT2D eigenvalue weighted by molar-refractivity contribution is -0.273. The first-order valence-electron chi connectivity index (χ1n) is 8.44. The molecule has 4 aliphatic rings. The Labute approximate surface area is 147 Å². The van der Waals surface area contributed by atoms with Crippen LogP contribution in [0.4, 0.5) is 0 Å². The minimum Gasteiger partial charge on any atom is -0.470 e. The molecule has 1 aromatic rings. The van der Waals surface area contributed by atoms with Crippen LogP contribution in [-0.2, 0) is 19.1 Å². The molecule has 1 aromatic heterocycles. The molecule has 10 heteroatoms. The van der Waals surface area contributed by atoms with E-state index in [1.807, 2.05) is 11.8 Å². The topological polar surface area (TPSA) is 100 Å². The summed E-state index contributed by atoms with van der Waals surface area (Å²) in [5, 5.41) is 0. The van der Waals surface area contributed by atoms with Crippen LogP contribution in [0.1, 0.15) is 26.2 Å². The first kappa shape index (κ1) is 15.3. The standard InChI is InChI=1S/C15H17N3O6S/c1-7(8-2-3-8)21-11-12(17-25-16-11)22-10-9-4-5-18(6-9)15(10)23-13(19)14(20)24-15/h7-10H,2-6H2,1H3. The second-order valence-electron chi connectivity index (χ2n) is 6.98. The molecule has 0 N–H and O–H groups in total. The summed E-state index contributed by atoms with van der Waals surface area (Å²) in [6, 6.07) is 0. The SMILES string of the molecule is CC(Oc1nsnc1OC1C2CCN(C2)C12OC(=O)C(=O)O2)C1CC1. The van der Waals surface area contributed by atoms with Gasteiger partial charge in [-0.15, -0.1) is 8.75 Å². The summed E-state index contributed by atoms with van der Waals surface area (Å²) in [7, 11) is 0. The van der Waals surface area contributed by atoms with E-state index in [9.17, 15) is 9.59 Å². The van der Waals surface area contributed by atoms with Crippen molar-refractivity contribution in [3.8, 4) is 11.8 Å². The second-order valence-corrected chi connectivity index (χ2v) is 7.51. The van der Waals surface area contributed by atoms with Crippen molar-refractivity contribution in [1.29, 1.82) is 0 Å². The van der Waals surface area contributed by atoms with Crippen molar-refractivity contribution in [2.45, 2.75) is 44.3 Å². The molecule has 1 saturated carbocycles. The number of carbonyl (C=O) groups is 2. The maximum atomic E-state index is 11.6. The lowest BCUT2D eigenvalue weighted by Crippen LogP contribution is -2.57. The summed E-state index contributed by atoms with van der Waals surface area (Å²) in [5.74, 6) is -2.24. The van der Waals surface area contributed by atoms with E-state index in [1.165, 1.54) is 0 Å². The molecule has 4 heterocycles. The average molecular weight is 367 g/mol. The highest BCUT2D eigenvalue weighted by atomic mass is 32.1. The van der Waals surface area contributed by atoms with Gasteiger partial charge in [-0.1, -0.05) is 0 Å². The van der Waals surface area contributed by atoms with Gasteiger partial charge in [-0.25, -0.2) is 14.5 Å². The number of aromatic nitrogens is 2. The second kappa shape index (κ2) is 5.28. The Morgan fingerprint density at radius 3 is 2.64 bits per heavy atom. The Balaban J connectivity index is 1.39. The van der Waals surface area contributed by atoms with Gasteiger partial charge in [0.1, 0.15) is 6.10 Å². The maximum Gasteiger partial charge on any atom is 0.422 e. The van der Waals surface area contributed by atoms with Gasteiger partial charge in [0.05, 0.1) is 11.7 Å². The van der Waals surface area contributed by atoms with Crippen molar-refractivity contribution in [3.63, 3.8) is 0 Å². The first-order chi connectivity index (χ1) is 12.1. The molecule has 0 aromatic carbocycles. The average Bonchev–Trinajstić information content (AvgIpc) is 2.91. The van der Waals surface area contributed by atoms with Crippen molar-refractivity contribution >= 4 is 23.7 Å². The molecule has 0 amide bonds. The van der Waals surface area contributed by atoms with Crippen LogP contribution in [0.2, 0.25) is 0 Å². The van der Waals surface area contributed by atoms with E-state index in [1.54, 1.807) is 0 Å². The number of hydrogen-bond acceptors (Lipinski definition) is 10. The Hall–Kier alpha value is -1.94. The summed E-state index contributed by atoms with van der Waals surface area (Å²) in [4.78, 5) is 25.1. The van der Waals surface area contributed by atoms with Crippen molar-refractivity contribution < 1.29 is 28.5 Å². The van der Waals surface area contributed by atoms with Crippen molar-refractivity contribution in [3.05, 3.63) is 0 Å². The number of esters is 2. The van der Waals surface area contributed by atoms with Gasteiger partial charge in [-0.2, -0.15) is 0 Å². The van der Waals surface area contributed by atoms with E-state index in [0.717, 1.165) is 31.0 Å². The molecule has 134 valence electrons. The number of hydrogen-bond donors (Lipinski definition) is 0. The Bertz CT molecular complexity index is 719. The van der Waals surface area contributed by atoms with E-state index >= 15 is 0 Å². The normalized spacial score (nSPS) is 33.4. The molecular weight excluding hydrogens is 350 g/mol. The third-order valence-corrected chi connectivity index (χ3v) is 5.85. The predicted octanol–water partition coefficient (Wildman–Crippen LogP) is 0.552. The van der Waals surface area contributed by atoms with Gasteiger partial charge >= 0.3 is 17.8 Å². The molecule has 4 fully saturated rings. The lowest BCUT2D eigenvalue weighted by atomic mass is 9.99. The number of carbonyl (C=O) groups excluding carboxylic acids is 2. The van der Waals surface area contributed by atoms with E-state index in [2.05, 4.69) is 8.75 Å². The molecule has 1 spiro atoms. The zero-order valence-corrected chi connectivity index (χ0v) is 14.4. The van der Waals surface area contributed by atoms with Crippen LogP contribution < -0.4 is 9.47 Å². The monoisotopic (exact) mass is 367 g/mol. The van der Waals surface area contributed by atoms with Gasteiger partial charge in [0, 0.05) is 19.0 Å². The first-order valence-corrected chi connectivity index (χ1v) is 9.17. The highest BCUT2D eigenvalue weighted by Crippen LogP contribution is 2.47. The van der Waals surface area contributed by atoms with Gasteiger partial charge in [-0.3, -0.25) is 0 Å². The quantitative estimate of drug-likeness (QED) is 0.545. The fourth-order valence-electron chi connectivity index (χ4n) is 3.86. The number of ether oxygens (including phenoxy) is 4. The molecule has 3 aliphatic heterocycles. The Morgan fingerprint density at radius 1 is 1.20 bits per heavy atom. The van der Waals surface area contributed by atoms with Crippen LogP contribution >= 0.6 is 11.7 Å². The smallest absolute Gasteiger partial charge is 0.422 e. The summed E-state index contributed by atoms with van der Waals surface area (Å²) in [5.41, 5.74) is 0. The minimum absolute atomic E-state index is 0.0473.